The highest BCUT2D eigenvalue weighted by molar-refractivity contribution is 9.10. The zero-order valence-electron chi connectivity index (χ0n) is 11.9. The first-order valence-electron chi connectivity index (χ1n) is 7.23. The Morgan fingerprint density at radius 2 is 2.04 bits per heavy atom. The summed E-state index contributed by atoms with van der Waals surface area (Å²) in [5, 5.41) is 7.65. The van der Waals surface area contributed by atoms with E-state index in [1.165, 1.54) is 0 Å². The minimum Gasteiger partial charge on any atom is -0.303 e. The third-order valence-corrected chi connectivity index (χ3v) is 4.88. The molecule has 0 aliphatic heterocycles. The molecule has 0 atom stereocenters. The van der Waals surface area contributed by atoms with Gasteiger partial charge in [-0.15, -0.1) is 0 Å². The van der Waals surface area contributed by atoms with Gasteiger partial charge in [0.2, 0.25) is 0 Å². The van der Waals surface area contributed by atoms with Crippen molar-refractivity contribution in [1.82, 2.24) is 19.7 Å². The minimum atomic E-state index is -4.44. The van der Waals surface area contributed by atoms with Crippen LogP contribution in [0.2, 0.25) is 0 Å². The maximum Gasteiger partial charge on any atom is 0.434 e. The summed E-state index contributed by atoms with van der Waals surface area (Å²) in [5.41, 5.74) is 0.619. The molecule has 1 aromatic carbocycles. The number of alkyl halides is 3. The number of H-pyrrole nitrogens is 1. The third-order valence-electron chi connectivity index (χ3n) is 4.26. The van der Waals surface area contributed by atoms with Crippen LogP contribution < -0.4 is 0 Å². The van der Waals surface area contributed by atoms with Crippen molar-refractivity contribution in [2.75, 3.05) is 0 Å². The highest BCUT2D eigenvalue weighted by atomic mass is 79.9. The van der Waals surface area contributed by atoms with E-state index in [2.05, 4.69) is 31.1 Å². The Labute approximate surface area is 137 Å². The van der Waals surface area contributed by atoms with Crippen LogP contribution in [0.4, 0.5) is 13.2 Å². The fraction of sp³-hybridized carbons (Fsp3) is 0.333. The molecule has 1 aliphatic rings. The summed E-state index contributed by atoms with van der Waals surface area (Å²) >= 11 is 3.44. The van der Waals surface area contributed by atoms with Gasteiger partial charge in [0.25, 0.3) is 0 Å². The molecule has 1 aliphatic carbocycles. The van der Waals surface area contributed by atoms with Crippen molar-refractivity contribution in [1.29, 1.82) is 0 Å². The van der Waals surface area contributed by atoms with Gasteiger partial charge in [-0.1, -0.05) is 6.42 Å². The van der Waals surface area contributed by atoms with Crippen LogP contribution in [0.15, 0.2) is 29.0 Å². The Bertz CT molecular complexity index is 877. The van der Waals surface area contributed by atoms with Gasteiger partial charge in [0, 0.05) is 27.7 Å². The van der Waals surface area contributed by atoms with Crippen molar-refractivity contribution in [3.8, 4) is 5.69 Å². The molecule has 1 fully saturated rings. The maximum atomic E-state index is 13.1. The minimum absolute atomic E-state index is 0.0879. The van der Waals surface area contributed by atoms with Gasteiger partial charge >= 0.3 is 6.18 Å². The number of hydrogen-bond acceptors (Lipinski definition) is 2. The summed E-state index contributed by atoms with van der Waals surface area (Å²) in [4.78, 5) is 3.88. The molecule has 0 radical (unpaired) electrons. The third kappa shape index (κ3) is 2.45. The number of imidazole rings is 1. The Hall–Kier alpha value is -1.83. The monoisotopic (exact) mass is 384 g/mol. The number of aromatic amines is 1. The highest BCUT2D eigenvalue weighted by Gasteiger charge is 2.37. The average molecular weight is 385 g/mol. The van der Waals surface area contributed by atoms with Crippen LogP contribution in [0, 0.1) is 0 Å². The lowest BCUT2D eigenvalue weighted by atomic mass is 9.85. The molecular weight excluding hydrogens is 373 g/mol. The lowest BCUT2D eigenvalue weighted by molar-refractivity contribution is -0.141. The fourth-order valence-electron chi connectivity index (χ4n) is 2.83. The number of nitrogens with one attached hydrogen (secondary N) is 1. The molecule has 23 heavy (non-hydrogen) atoms. The first-order chi connectivity index (χ1) is 10.9. The van der Waals surface area contributed by atoms with Crippen molar-refractivity contribution in [3.05, 3.63) is 40.5 Å². The highest BCUT2D eigenvalue weighted by Crippen LogP contribution is 2.39. The van der Waals surface area contributed by atoms with Gasteiger partial charge in [-0.25, -0.2) is 4.98 Å². The molecule has 0 bridgehead atoms. The second-order valence-electron chi connectivity index (χ2n) is 5.74. The van der Waals surface area contributed by atoms with E-state index in [0.29, 0.717) is 11.5 Å². The van der Waals surface area contributed by atoms with Crippen LogP contribution in [0.25, 0.3) is 16.6 Å². The second-order valence-corrected chi connectivity index (χ2v) is 6.60. The summed E-state index contributed by atoms with van der Waals surface area (Å²) in [5.74, 6) is 0.572. The van der Waals surface area contributed by atoms with Gasteiger partial charge in [0.1, 0.15) is 5.82 Å². The Balaban J connectivity index is 1.89. The number of aromatic nitrogens is 4. The maximum absolute atomic E-state index is 13.1. The van der Waals surface area contributed by atoms with E-state index in [9.17, 15) is 13.2 Å². The summed E-state index contributed by atoms with van der Waals surface area (Å²) in [6.07, 6.45) is 1.08. The molecule has 4 rings (SSSR count). The Morgan fingerprint density at radius 1 is 1.26 bits per heavy atom. The summed E-state index contributed by atoms with van der Waals surface area (Å²) in [6, 6.07) is 3.60. The van der Waals surface area contributed by atoms with Crippen LogP contribution >= 0.6 is 15.9 Å². The number of nitrogens with zero attached hydrogens (tertiary/aromatic N) is 3. The normalized spacial score (nSPS) is 16.0. The largest absolute Gasteiger partial charge is 0.434 e. The molecule has 0 spiro atoms. The van der Waals surface area contributed by atoms with Crippen LogP contribution in [0.3, 0.4) is 0 Å². The van der Waals surface area contributed by atoms with Gasteiger partial charge < -0.3 is 4.57 Å². The zero-order valence-corrected chi connectivity index (χ0v) is 13.4. The molecule has 0 unspecified atom stereocenters. The van der Waals surface area contributed by atoms with E-state index >= 15 is 0 Å². The lowest BCUT2D eigenvalue weighted by Gasteiger charge is -2.25. The summed E-state index contributed by atoms with van der Waals surface area (Å²) < 4.78 is 41.5. The molecule has 2 heterocycles. The number of fused-ring (bicyclic) bond motifs is 1. The summed E-state index contributed by atoms with van der Waals surface area (Å²) in [7, 11) is 0. The lowest BCUT2D eigenvalue weighted by Crippen LogP contribution is -2.14. The molecule has 2 aromatic heterocycles. The quantitative estimate of drug-likeness (QED) is 0.689. The summed E-state index contributed by atoms with van der Waals surface area (Å²) in [6.45, 7) is 0. The van der Waals surface area contributed by atoms with Crippen LogP contribution in [-0.4, -0.2) is 19.7 Å². The number of halogens is 4. The number of benzene rings is 1. The molecule has 8 heteroatoms. The van der Waals surface area contributed by atoms with Crippen molar-refractivity contribution < 1.29 is 13.2 Å². The molecule has 3 aromatic rings. The second kappa shape index (κ2) is 5.09. The number of hydrogen-bond donors (Lipinski definition) is 1. The average Bonchev–Trinajstić information content (AvgIpc) is 3.02. The van der Waals surface area contributed by atoms with E-state index in [1.54, 1.807) is 16.8 Å². The van der Waals surface area contributed by atoms with E-state index in [1.807, 2.05) is 6.07 Å². The smallest absolute Gasteiger partial charge is 0.303 e. The van der Waals surface area contributed by atoms with Gasteiger partial charge in [0.15, 0.2) is 5.69 Å². The van der Waals surface area contributed by atoms with Gasteiger partial charge in [-0.3, -0.25) is 5.10 Å². The standard InChI is InChI=1S/C15H12BrF3N4/c16-11-5-10(4-9-6-20-22-13(9)11)23-7-12(15(17,18)19)21-14(23)8-2-1-3-8/h4-8H,1-3H2,(H,20,22). The van der Waals surface area contributed by atoms with Gasteiger partial charge in [-0.05, 0) is 40.9 Å². The van der Waals surface area contributed by atoms with Gasteiger partial charge in [0.05, 0.1) is 11.7 Å². The van der Waals surface area contributed by atoms with Crippen LogP contribution in [0.1, 0.15) is 36.7 Å². The van der Waals surface area contributed by atoms with Crippen molar-refractivity contribution in [2.24, 2.45) is 0 Å². The number of rotatable bonds is 2. The van der Waals surface area contributed by atoms with Crippen molar-refractivity contribution in [3.63, 3.8) is 0 Å². The van der Waals surface area contributed by atoms with Crippen molar-refractivity contribution >= 4 is 26.8 Å². The van der Waals surface area contributed by atoms with E-state index in [-0.39, 0.29) is 5.92 Å². The zero-order chi connectivity index (χ0) is 16.2. The Kier molecular flexibility index (Phi) is 3.26. The molecule has 120 valence electrons. The molecule has 0 amide bonds. The Morgan fingerprint density at radius 3 is 2.70 bits per heavy atom. The van der Waals surface area contributed by atoms with Crippen LogP contribution in [-0.2, 0) is 6.18 Å². The van der Waals surface area contributed by atoms with E-state index in [0.717, 1.165) is 40.8 Å². The molecule has 1 N–H and O–H groups in total. The predicted molar refractivity (Wildman–Crippen MR) is 82.5 cm³/mol. The van der Waals surface area contributed by atoms with Crippen LogP contribution in [0.5, 0.6) is 0 Å². The SMILES string of the molecule is FC(F)(F)c1cn(-c2cc(Br)c3[nH]ncc3c2)c(C2CCC2)n1. The van der Waals surface area contributed by atoms with Crippen molar-refractivity contribution in [2.45, 2.75) is 31.4 Å². The van der Waals surface area contributed by atoms with E-state index in [4.69, 9.17) is 0 Å². The fourth-order valence-corrected chi connectivity index (χ4v) is 3.38. The molecule has 0 saturated heterocycles. The van der Waals surface area contributed by atoms with E-state index < -0.39 is 11.9 Å². The molecule has 1 saturated carbocycles. The van der Waals surface area contributed by atoms with Gasteiger partial charge in [-0.2, -0.15) is 18.3 Å². The molecular formula is C15H12BrF3N4. The first kappa shape index (κ1) is 14.7. The topological polar surface area (TPSA) is 46.5 Å². The first-order valence-corrected chi connectivity index (χ1v) is 8.02. The molecule has 4 nitrogen and oxygen atoms in total. The predicted octanol–water partition coefficient (Wildman–Crippen LogP) is 4.80.